The lowest BCUT2D eigenvalue weighted by Crippen LogP contribution is -2.37. The monoisotopic (exact) mass is 700 g/mol. The maximum absolute atomic E-state index is 12.1. The molecule has 0 aliphatic carbocycles. The van der Waals surface area contributed by atoms with Gasteiger partial charge in [0.05, 0.1) is 59.5 Å². The van der Waals surface area contributed by atoms with Gasteiger partial charge in [-0.15, -0.1) is 0 Å². The van der Waals surface area contributed by atoms with Gasteiger partial charge < -0.3 is 37.9 Å². The van der Waals surface area contributed by atoms with E-state index in [1.54, 1.807) is 6.92 Å². The highest BCUT2D eigenvalue weighted by atomic mass is 16.6. The van der Waals surface area contributed by atoms with Gasteiger partial charge in [-0.3, -0.25) is 19.2 Å². The van der Waals surface area contributed by atoms with Gasteiger partial charge in [0.1, 0.15) is 11.4 Å². The van der Waals surface area contributed by atoms with Crippen LogP contribution in [0.3, 0.4) is 0 Å². The summed E-state index contributed by atoms with van der Waals surface area (Å²) in [4.78, 5) is 46.8. The lowest BCUT2D eigenvalue weighted by Gasteiger charge is -2.19. The summed E-state index contributed by atoms with van der Waals surface area (Å²) in [5.74, 6) is 0.380. The van der Waals surface area contributed by atoms with Gasteiger partial charge in [0.2, 0.25) is 5.43 Å². The van der Waals surface area contributed by atoms with E-state index in [9.17, 15) is 19.2 Å². The van der Waals surface area contributed by atoms with Gasteiger partial charge in [-0.05, 0) is 85.5 Å². The number of hydrogen-bond donors (Lipinski definition) is 0. The van der Waals surface area contributed by atoms with Crippen LogP contribution in [-0.2, 0) is 49.2 Å². The van der Waals surface area contributed by atoms with Gasteiger partial charge in [-0.2, -0.15) is 0 Å². The lowest BCUT2D eigenvalue weighted by atomic mass is 10.0. The van der Waals surface area contributed by atoms with Crippen LogP contribution in [-0.4, -0.2) is 103 Å². The molecule has 0 heterocycles. The van der Waals surface area contributed by atoms with E-state index in [2.05, 4.69) is 0 Å². The molecule has 0 radical (unpaired) electrons. The largest absolute Gasteiger partial charge is 0.489 e. The van der Waals surface area contributed by atoms with E-state index < -0.39 is 16.5 Å². The number of ketones is 1. The molecule has 0 bridgehead atoms. The minimum Gasteiger partial charge on any atom is -0.489 e. The molecule has 12 heteroatoms. The second kappa shape index (κ2) is 29.5. The fourth-order valence-electron chi connectivity index (χ4n) is 4.75. The molecular formula is C37H64O12. The number of esters is 1. The Hall–Kier alpha value is -2.22. The zero-order valence-corrected chi connectivity index (χ0v) is 30.8. The Balaban J connectivity index is 1.73. The summed E-state index contributed by atoms with van der Waals surface area (Å²) in [5, 5.41) is 0. The first kappa shape index (κ1) is 44.8. The molecular weight excluding hydrogens is 636 g/mol. The Labute approximate surface area is 293 Å². The first-order valence-electron chi connectivity index (χ1n) is 18.3. The van der Waals surface area contributed by atoms with Crippen LogP contribution in [0.1, 0.15) is 110 Å². The Morgan fingerprint density at radius 3 is 1.39 bits per heavy atom. The molecule has 0 unspecified atom stereocenters. The summed E-state index contributed by atoms with van der Waals surface area (Å²) in [6.45, 7) is 14.4. The van der Waals surface area contributed by atoms with Crippen LogP contribution in [0.15, 0.2) is 9.59 Å². The van der Waals surface area contributed by atoms with Gasteiger partial charge in [0.15, 0.2) is 5.75 Å². The van der Waals surface area contributed by atoms with Crippen LogP contribution >= 0.6 is 0 Å². The van der Waals surface area contributed by atoms with Crippen LogP contribution in [0.4, 0.5) is 0 Å². The number of rotatable bonds is 35. The van der Waals surface area contributed by atoms with Gasteiger partial charge in [-0.25, -0.2) is 0 Å². The highest BCUT2D eigenvalue weighted by Crippen LogP contribution is 2.14. The number of Topliss-reactive ketones (excluding diaryl/α,β-unsaturated/α-hetero) is 1. The average molecular weight is 701 g/mol. The number of unbranched alkanes of at least 4 members (excludes halogenated alkanes) is 5. The van der Waals surface area contributed by atoms with E-state index in [0.29, 0.717) is 123 Å². The van der Waals surface area contributed by atoms with Crippen LogP contribution in [0.25, 0.3) is 0 Å². The molecule has 0 fully saturated rings. The number of carbonyl (C=O) groups excluding carboxylic acids is 2. The molecule has 12 nitrogen and oxygen atoms in total. The van der Waals surface area contributed by atoms with E-state index in [-0.39, 0.29) is 11.7 Å². The highest BCUT2D eigenvalue weighted by molar-refractivity contribution is 5.78. The fraction of sp³-hybridized carbons (Fsp3) is 0.838. The second-order valence-electron chi connectivity index (χ2n) is 12.9. The van der Waals surface area contributed by atoms with Crippen LogP contribution in [0, 0.1) is 0 Å². The van der Waals surface area contributed by atoms with Gasteiger partial charge in [0, 0.05) is 51.3 Å². The molecule has 0 aliphatic heterocycles. The van der Waals surface area contributed by atoms with Crippen molar-refractivity contribution in [1.29, 1.82) is 0 Å². The second-order valence-corrected chi connectivity index (χ2v) is 12.9. The van der Waals surface area contributed by atoms with Crippen molar-refractivity contribution in [2.45, 2.75) is 117 Å². The number of carbonyl (C=O) groups is 2. The lowest BCUT2D eigenvalue weighted by molar-refractivity contribution is -0.155. The quantitative estimate of drug-likeness (QED) is 0.0539. The molecule has 0 saturated carbocycles. The van der Waals surface area contributed by atoms with E-state index in [1.165, 1.54) is 0 Å². The topological polar surface area (TPSA) is 142 Å². The number of hydrogen-bond acceptors (Lipinski definition) is 12. The Bertz CT molecular complexity index is 1040. The molecule has 0 N–H and O–H groups in total. The standard InChI is InChI=1S/C37H64O12/c1-5-48-36-32(34(40)35(36)41)17-9-13-21-44-25-29-46-27-23-42-19-11-6-7-15-31(38)16-8-12-20-43-24-28-47-30-26-45-22-14-10-18-33(39)49-37(2,3)4/h5-30H2,1-4H3. The summed E-state index contributed by atoms with van der Waals surface area (Å²) in [7, 11) is 0. The maximum atomic E-state index is 12.1. The zero-order valence-electron chi connectivity index (χ0n) is 30.8. The molecule has 1 rings (SSSR count). The van der Waals surface area contributed by atoms with Crippen molar-refractivity contribution >= 4 is 11.8 Å². The first-order chi connectivity index (χ1) is 23.7. The molecule has 0 amide bonds. The van der Waals surface area contributed by atoms with Crippen molar-refractivity contribution in [1.82, 2.24) is 0 Å². The SMILES string of the molecule is CCOc1c(CCCCOCCOCCOCCCCCC(=O)CCCCOCCOCCOCCCCC(=O)OC(C)(C)C)c(=O)c1=O. The van der Waals surface area contributed by atoms with E-state index >= 15 is 0 Å². The van der Waals surface area contributed by atoms with Crippen LogP contribution in [0.5, 0.6) is 5.75 Å². The predicted molar refractivity (Wildman–Crippen MR) is 187 cm³/mol. The molecule has 0 atom stereocenters. The molecule has 0 spiro atoms. The Kier molecular flexibility index (Phi) is 27.0. The van der Waals surface area contributed by atoms with Crippen molar-refractivity contribution in [2.75, 3.05) is 85.9 Å². The molecule has 1 aromatic carbocycles. The van der Waals surface area contributed by atoms with E-state index in [0.717, 1.165) is 57.8 Å². The van der Waals surface area contributed by atoms with Crippen LogP contribution < -0.4 is 15.6 Å². The average Bonchev–Trinajstić information content (AvgIpc) is 3.06. The van der Waals surface area contributed by atoms with Gasteiger partial charge >= 0.3 is 5.97 Å². The molecule has 1 aromatic rings. The molecule has 0 saturated heterocycles. The zero-order chi connectivity index (χ0) is 36.0. The Morgan fingerprint density at radius 1 is 0.510 bits per heavy atom. The van der Waals surface area contributed by atoms with Gasteiger partial charge in [0.25, 0.3) is 5.43 Å². The molecule has 284 valence electrons. The molecule has 49 heavy (non-hydrogen) atoms. The highest BCUT2D eigenvalue weighted by Gasteiger charge is 2.21. The fourth-order valence-corrected chi connectivity index (χ4v) is 4.75. The Morgan fingerprint density at radius 2 is 0.918 bits per heavy atom. The van der Waals surface area contributed by atoms with Crippen molar-refractivity contribution in [3.8, 4) is 5.75 Å². The van der Waals surface area contributed by atoms with Crippen LogP contribution in [0.2, 0.25) is 0 Å². The van der Waals surface area contributed by atoms with E-state index in [4.69, 9.17) is 37.9 Å². The van der Waals surface area contributed by atoms with Crippen molar-refractivity contribution in [2.24, 2.45) is 0 Å². The molecule has 0 aliphatic rings. The minimum atomic E-state index is -0.507. The summed E-state index contributed by atoms with van der Waals surface area (Å²) in [6.07, 6.45) is 9.80. The normalized spacial score (nSPS) is 11.8. The summed E-state index contributed by atoms with van der Waals surface area (Å²) < 4.78 is 43.8. The predicted octanol–water partition coefficient (Wildman–Crippen LogP) is 4.92. The van der Waals surface area contributed by atoms with Crippen molar-refractivity contribution in [3.05, 3.63) is 26.0 Å². The van der Waals surface area contributed by atoms with Gasteiger partial charge in [-0.1, -0.05) is 6.42 Å². The molecule has 0 aromatic heterocycles. The van der Waals surface area contributed by atoms with Crippen molar-refractivity contribution < 1.29 is 47.5 Å². The first-order valence-corrected chi connectivity index (χ1v) is 18.3. The number of ether oxygens (including phenoxy) is 8. The maximum Gasteiger partial charge on any atom is 0.306 e. The van der Waals surface area contributed by atoms with E-state index in [1.807, 2.05) is 20.8 Å². The smallest absolute Gasteiger partial charge is 0.306 e. The third kappa shape index (κ3) is 25.4. The summed E-state index contributed by atoms with van der Waals surface area (Å²) >= 11 is 0. The summed E-state index contributed by atoms with van der Waals surface area (Å²) in [5.41, 5.74) is -0.848. The third-order valence-corrected chi connectivity index (χ3v) is 7.28. The third-order valence-electron chi connectivity index (χ3n) is 7.28. The van der Waals surface area contributed by atoms with Crippen molar-refractivity contribution in [3.63, 3.8) is 0 Å². The minimum absolute atomic E-state index is 0.169. The summed E-state index contributed by atoms with van der Waals surface area (Å²) in [6, 6.07) is 0.